The molecule has 1 aromatic carbocycles. The lowest BCUT2D eigenvalue weighted by Crippen LogP contribution is -2.20. The molecule has 0 bridgehead atoms. The lowest BCUT2D eigenvalue weighted by atomic mass is 10.1. The van der Waals surface area contributed by atoms with Gasteiger partial charge in [-0.05, 0) is 69.1 Å². The van der Waals surface area contributed by atoms with Crippen LogP contribution < -0.4 is 5.32 Å². The fraction of sp³-hybridized carbons (Fsp3) is 0.389. The summed E-state index contributed by atoms with van der Waals surface area (Å²) in [6, 6.07) is 11.2. The van der Waals surface area contributed by atoms with Gasteiger partial charge in [0.15, 0.2) is 0 Å². The van der Waals surface area contributed by atoms with Crippen LogP contribution in [0.5, 0.6) is 0 Å². The Labute approximate surface area is 132 Å². The zero-order valence-corrected chi connectivity index (χ0v) is 14.1. The molecule has 1 unspecified atom stereocenters. The summed E-state index contributed by atoms with van der Waals surface area (Å²) in [5.74, 6) is 0. The van der Waals surface area contributed by atoms with Gasteiger partial charge in [-0.3, -0.25) is 4.98 Å². The average molecular weight is 300 g/mol. The van der Waals surface area contributed by atoms with E-state index in [1.54, 1.807) is 11.8 Å². The fourth-order valence-corrected chi connectivity index (χ4v) is 2.97. The van der Waals surface area contributed by atoms with Gasteiger partial charge in [-0.15, -0.1) is 0 Å². The summed E-state index contributed by atoms with van der Waals surface area (Å²) < 4.78 is 0. The third kappa shape index (κ3) is 4.58. The van der Waals surface area contributed by atoms with Crippen LogP contribution in [0.1, 0.15) is 43.1 Å². The van der Waals surface area contributed by atoms with Gasteiger partial charge in [-0.25, -0.2) is 0 Å². The number of aromatic nitrogens is 1. The van der Waals surface area contributed by atoms with E-state index in [1.807, 2.05) is 6.20 Å². The van der Waals surface area contributed by atoms with E-state index < -0.39 is 0 Å². The molecule has 0 fully saturated rings. The number of benzene rings is 1. The van der Waals surface area contributed by atoms with Gasteiger partial charge in [0.25, 0.3) is 0 Å². The van der Waals surface area contributed by atoms with Crippen molar-refractivity contribution in [1.82, 2.24) is 10.3 Å². The number of nitrogens with one attached hydrogen (secondary N) is 1. The van der Waals surface area contributed by atoms with Crippen molar-refractivity contribution in [2.24, 2.45) is 0 Å². The predicted octanol–water partition coefficient (Wildman–Crippen LogP) is 4.91. The molecule has 3 heteroatoms. The Morgan fingerprint density at radius 3 is 2.48 bits per heavy atom. The number of hydrogen-bond acceptors (Lipinski definition) is 3. The summed E-state index contributed by atoms with van der Waals surface area (Å²) in [7, 11) is 0. The summed E-state index contributed by atoms with van der Waals surface area (Å²) in [6.07, 6.45) is 3.12. The Morgan fingerprint density at radius 2 is 1.86 bits per heavy atom. The molecule has 2 nitrogen and oxygen atoms in total. The van der Waals surface area contributed by atoms with Gasteiger partial charge >= 0.3 is 0 Å². The van der Waals surface area contributed by atoms with Crippen LogP contribution in [0, 0.1) is 13.8 Å². The minimum Gasteiger partial charge on any atom is -0.309 e. The molecule has 2 rings (SSSR count). The van der Waals surface area contributed by atoms with E-state index in [-0.39, 0.29) is 0 Å². The van der Waals surface area contributed by atoms with Gasteiger partial charge in [-0.2, -0.15) is 0 Å². The topological polar surface area (TPSA) is 24.9 Å². The minimum atomic E-state index is 0.311. The normalized spacial score (nSPS) is 12.4. The highest BCUT2D eigenvalue weighted by Crippen LogP contribution is 2.29. The summed E-state index contributed by atoms with van der Waals surface area (Å²) in [5, 5.41) is 3.46. The highest BCUT2D eigenvalue weighted by atomic mass is 32.2. The van der Waals surface area contributed by atoms with Crippen LogP contribution in [0.25, 0.3) is 0 Å². The van der Waals surface area contributed by atoms with Crippen LogP contribution >= 0.6 is 11.8 Å². The van der Waals surface area contributed by atoms with E-state index in [0.29, 0.717) is 6.04 Å². The monoisotopic (exact) mass is 300 g/mol. The minimum absolute atomic E-state index is 0.311. The third-order valence-electron chi connectivity index (χ3n) is 3.62. The number of nitrogens with zero attached hydrogens (tertiary/aromatic N) is 1. The van der Waals surface area contributed by atoms with Crippen LogP contribution in [0.3, 0.4) is 0 Å². The SMILES string of the molecule is CCCNC(C)c1ccc(Sc2ccc(C)c(C)c2)cn1. The first-order valence-electron chi connectivity index (χ1n) is 7.54. The second-order valence-corrected chi connectivity index (χ2v) is 6.59. The molecule has 2 aromatic rings. The van der Waals surface area contributed by atoms with Crippen molar-refractivity contribution in [1.29, 1.82) is 0 Å². The molecule has 0 radical (unpaired) electrons. The molecule has 0 saturated heterocycles. The van der Waals surface area contributed by atoms with Crippen molar-refractivity contribution in [3.63, 3.8) is 0 Å². The van der Waals surface area contributed by atoms with E-state index in [2.05, 4.69) is 68.3 Å². The Bertz CT molecular complexity index is 578. The molecule has 0 aliphatic rings. The fourth-order valence-electron chi connectivity index (χ4n) is 2.09. The first-order valence-corrected chi connectivity index (χ1v) is 8.36. The highest BCUT2D eigenvalue weighted by molar-refractivity contribution is 7.99. The quantitative estimate of drug-likeness (QED) is 0.820. The van der Waals surface area contributed by atoms with Crippen LogP contribution in [-0.4, -0.2) is 11.5 Å². The van der Waals surface area contributed by atoms with Gasteiger partial charge in [-0.1, -0.05) is 24.8 Å². The standard InChI is InChI=1S/C18H24N2S/c1-5-10-19-15(4)18-9-8-17(12-20-18)21-16-7-6-13(2)14(3)11-16/h6-9,11-12,15,19H,5,10H2,1-4H3. The maximum absolute atomic E-state index is 4.58. The zero-order valence-electron chi connectivity index (χ0n) is 13.3. The van der Waals surface area contributed by atoms with Gasteiger partial charge < -0.3 is 5.32 Å². The molecule has 0 aliphatic heterocycles. The second-order valence-electron chi connectivity index (χ2n) is 5.44. The van der Waals surface area contributed by atoms with Gasteiger partial charge in [0.2, 0.25) is 0 Å². The zero-order chi connectivity index (χ0) is 15.2. The summed E-state index contributed by atoms with van der Waals surface area (Å²) in [5.41, 5.74) is 3.78. The molecule has 1 heterocycles. The second kappa shape index (κ2) is 7.62. The van der Waals surface area contributed by atoms with Crippen LogP contribution in [0.4, 0.5) is 0 Å². The lowest BCUT2D eigenvalue weighted by molar-refractivity contribution is 0.558. The van der Waals surface area contributed by atoms with Crippen molar-refractivity contribution in [3.8, 4) is 0 Å². The van der Waals surface area contributed by atoms with Crippen molar-refractivity contribution < 1.29 is 0 Å². The van der Waals surface area contributed by atoms with Crippen LogP contribution in [0.2, 0.25) is 0 Å². The van der Waals surface area contributed by atoms with Crippen molar-refractivity contribution in [3.05, 3.63) is 53.3 Å². The molecule has 0 amide bonds. The first-order chi connectivity index (χ1) is 10.1. The van der Waals surface area contributed by atoms with Crippen molar-refractivity contribution in [2.45, 2.75) is 49.9 Å². The van der Waals surface area contributed by atoms with E-state index in [0.717, 1.165) is 18.7 Å². The molecule has 1 N–H and O–H groups in total. The molecule has 0 saturated carbocycles. The smallest absolute Gasteiger partial charge is 0.0571 e. The number of aryl methyl sites for hydroxylation is 2. The van der Waals surface area contributed by atoms with E-state index >= 15 is 0 Å². The Balaban J connectivity index is 2.03. The molecular weight excluding hydrogens is 276 g/mol. The largest absolute Gasteiger partial charge is 0.309 e. The Morgan fingerprint density at radius 1 is 1.10 bits per heavy atom. The highest BCUT2D eigenvalue weighted by Gasteiger charge is 2.06. The first kappa shape index (κ1) is 16.1. The van der Waals surface area contributed by atoms with Gasteiger partial charge in [0, 0.05) is 22.0 Å². The molecular formula is C18H24N2S. The molecule has 1 aromatic heterocycles. The van der Waals surface area contributed by atoms with E-state index in [1.165, 1.54) is 20.9 Å². The van der Waals surface area contributed by atoms with Crippen molar-refractivity contribution >= 4 is 11.8 Å². The number of hydrogen-bond donors (Lipinski definition) is 1. The summed E-state index contributed by atoms with van der Waals surface area (Å²) in [6.45, 7) is 9.67. The van der Waals surface area contributed by atoms with Crippen LogP contribution in [-0.2, 0) is 0 Å². The predicted molar refractivity (Wildman–Crippen MR) is 91.0 cm³/mol. The summed E-state index contributed by atoms with van der Waals surface area (Å²) >= 11 is 1.77. The average Bonchev–Trinajstić information content (AvgIpc) is 2.49. The number of pyridine rings is 1. The molecule has 0 aliphatic carbocycles. The molecule has 112 valence electrons. The van der Waals surface area contributed by atoms with Gasteiger partial charge in [0.1, 0.15) is 0 Å². The van der Waals surface area contributed by atoms with Gasteiger partial charge in [0.05, 0.1) is 5.69 Å². The molecule has 1 atom stereocenters. The maximum Gasteiger partial charge on any atom is 0.0571 e. The van der Waals surface area contributed by atoms with E-state index in [9.17, 15) is 0 Å². The Hall–Kier alpha value is -1.32. The lowest BCUT2D eigenvalue weighted by Gasteiger charge is -2.13. The van der Waals surface area contributed by atoms with Crippen molar-refractivity contribution in [2.75, 3.05) is 6.54 Å². The summed E-state index contributed by atoms with van der Waals surface area (Å²) in [4.78, 5) is 7.04. The van der Waals surface area contributed by atoms with Crippen LogP contribution in [0.15, 0.2) is 46.3 Å². The molecule has 0 spiro atoms. The number of rotatable bonds is 6. The molecule has 21 heavy (non-hydrogen) atoms. The Kier molecular flexibility index (Phi) is 5.83. The third-order valence-corrected chi connectivity index (χ3v) is 4.58. The maximum atomic E-state index is 4.58. The van der Waals surface area contributed by atoms with E-state index in [4.69, 9.17) is 0 Å².